The maximum absolute atomic E-state index is 13.4. The van der Waals surface area contributed by atoms with E-state index in [1.165, 1.54) is 4.31 Å². The molecule has 3 rings (SSSR count). The molecule has 7 heteroatoms. The first kappa shape index (κ1) is 19.3. The molecule has 0 heterocycles. The second kappa shape index (κ2) is 6.95. The van der Waals surface area contributed by atoms with Gasteiger partial charge in [0, 0.05) is 12.5 Å². The number of hydrogen-bond acceptors (Lipinski definition) is 3. The number of ether oxygens (including phenoxy) is 1. The minimum absolute atomic E-state index is 0.104. The third-order valence-corrected chi connectivity index (χ3v) is 7.48. The van der Waals surface area contributed by atoms with E-state index < -0.39 is 14.4 Å². The molecule has 0 amide bonds. The van der Waals surface area contributed by atoms with Crippen molar-refractivity contribution in [1.82, 2.24) is 0 Å². The van der Waals surface area contributed by atoms with Crippen LogP contribution in [0.25, 0.3) is 0 Å². The van der Waals surface area contributed by atoms with Gasteiger partial charge in [0.05, 0.1) is 17.7 Å². The molecule has 1 atom stereocenters. The highest BCUT2D eigenvalue weighted by atomic mass is 35.5. The summed E-state index contributed by atoms with van der Waals surface area (Å²) in [5, 5.41) is 0. The molecule has 0 radical (unpaired) electrons. The number of hydrogen-bond donors (Lipinski definition) is 0. The second-order valence-electron chi connectivity index (χ2n) is 6.67. The van der Waals surface area contributed by atoms with Gasteiger partial charge >= 0.3 is 0 Å². The average molecular weight is 414 g/mol. The number of methoxy groups -OCH3 is 1. The van der Waals surface area contributed by atoms with E-state index in [1.807, 2.05) is 19.1 Å². The molecular formula is C19H21Cl2NO3S. The van der Waals surface area contributed by atoms with Crippen LogP contribution in [0.4, 0.5) is 5.69 Å². The lowest BCUT2D eigenvalue weighted by atomic mass is 10.2. The van der Waals surface area contributed by atoms with Crippen LogP contribution in [-0.4, -0.2) is 26.4 Å². The fraction of sp³-hybridized carbons (Fsp3) is 0.368. The van der Waals surface area contributed by atoms with Crippen molar-refractivity contribution >= 4 is 38.9 Å². The van der Waals surface area contributed by atoms with Crippen molar-refractivity contribution in [3.63, 3.8) is 0 Å². The summed E-state index contributed by atoms with van der Waals surface area (Å²) in [4.78, 5) is 0.295. The van der Waals surface area contributed by atoms with Crippen LogP contribution in [0.1, 0.15) is 17.5 Å². The first-order valence-corrected chi connectivity index (χ1v) is 10.5. The summed E-state index contributed by atoms with van der Waals surface area (Å²) in [5.41, 5.74) is 2.15. The number of sulfonamides is 1. The molecule has 2 aromatic rings. The quantitative estimate of drug-likeness (QED) is 0.644. The fourth-order valence-electron chi connectivity index (χ4n) is 2.86. The largest absolute Gasteiger partial charge is 0.497 e. The van der Waals surface area contributed by atoms with Crippen LogP contribution in [-0.2, 0) is 10.0 Å². The molecule has 1 saturated carbocycles. The Bertz CT molecular complexity index is 911. The molecule has 0 aliphatic heterocycles. The monoisotopic (exact) mass is 413 g/mol. The molecule has 4 nitrogen and oxygen atoms in total. The Balaban J connectivity index is 2.05. The number of benzene rings is 2. The van der Waals surface area contributed by atoms with Gasteiger partial charge in [-0.05, 0) is 61.7 Å². The first-order valence-electron chi connectivity index (χ1n) is 8.27. The lowest BCUT2D eigenvalue weighted by molar-refractivity contribution is 0.415. The molecule has 0 aromatic heterocycles. The molecule has 0 unspecified atom stereocenters. The molecule has 2 aromatic carbocycles. The molecule has 26 heavy (non-hydrogen) atoms. The lowest BCUT2D eigenvalue weighted by Crippen LogP contribution is -2.34. The summed E-state index contributed by atoms with van der Waals surface area (Å²) in [5.74, 6) is 0.557. The zero-order chi connectivity index (χ0) is 19.1. The summed E-state index contributed by atoms with van der Waals surface area (Å²) in [6.07, 6.45) is 0.574. The van der Waals surface area contributed by atoms with E-state index in [0.717, 1.165) is 5.56 Å². The summed E-state index contributed by atoms with van der Waals surface area (Å²) < 4.78 is 32.6. The minimum Gasteiger partial charge on any atom is -0.497 e. The van der Waals surface area contributed by atoms with Crippen molar-refractivity contribution in [2.75, 3.05) is 18.0 Å². The van der Waals surface area contributed by atoms with Crippen LogP contribution in [0.5, 0.6) is 5.75 Å². The van der Waals surface area contributed by atoms with Gasteiger partial charge in [0.15, 0.2) is 0 Å². The number of alkyl halides is 2. The summed E-state index contributed by atoms with van der Waals surface area (Å²) in [7, 11) is -2.19. The average Bonchev–Trinajstić information content (AvgIpc) is 3.21. The molecular weight excluding hydrogens is 393 g/mol. The molecule has 1 fully saturated rings. The van der Waals surface area contributed by atoms with Gasteiger partial charge in [-0.3, -0.25) is 4.31 Å². The number of aryl methyl sites for hydroxylation is 2. The van der Waals surface area contributed by atoms with Gasteiger partial charge in [-0.15, -0.1) is 23.2 Å². The maximum atomic E-state index is 13.4. The highest BCUT2D eigenvalue weighted by Gasteiger charge is 2.53. The highest BCUT2D eigenvalue weighted by Crippen LogP contribution is 2.54. The highest BCUT2D eigenvalue weighted by molar-refractivity contribution is 7.92. The molecule has 1 aliphatic rings. The summed E-state index contributed by atoms with van der Waals surface area (Å²) in [6, 6.07) is 12.4. The molecule has 0 N–H and O–H groups in total. The number of halogens is 2. The fourth-order valence-corrected chi connectivity index (χ4v) is 5.20. The van der Waals surface area contributed by atoms with Crippen molar-refractivity contribution in [2.24, 2.45) is 5.92 Å². The van der Waals surface area contributed by atoms with E-state index >= 15 is 0 Å². The van der Waals surface area contributed by atoms with Crippen molar-refractivity contribution in [3.8, 4) is 5.75 Å². The Morgan fingerprint density at radius 1 is 1.15 bits per heavy atom. The van der Waals surface area contributed by atoms with Crippen molar-refractivity contribution in [3.05, 3.63) is 53.6 Å². The third-order valence-electron chi connectivity index (χ3n) is 4.61. The maximum Gasteiger partial charge on any atom is 0.264 e. The predicted octanol–water partition coefficient (Wildman–Crippen LogP) is 4.70. The summed E-state index contributed by atoms with van der Waals surface area (Å²) >= 11 is 12.3. The van der Waals surface area contributed by atoms with E-state index in [4.69, 9.17) is 27.9 Å². The minimum atomic E-state index is -3.76. The van der Waals surface area contributed by atoms with Crippen molar-refractivity contribution in [2.45, 2.75) is 29.5 Å². The number of anilines is 1. The normalized spacial score (nSPS) is 18.4. The zero-order valence-corrected chi connectivity index (χ0v) is 17.2. The van der Waals surface area contributed by atoms with Crippen LogP contribution >= 0.6 is 23.2 Å². The van der Waals surface area contributed by atoms with Crippen molar-refractivity contribution in [1.29, 1.82) is 0 Å². The van der Waals surface area contributed by atoms with E-state index in [9.17, 15) is 8.42 Å². The smallest absolute Gasteiger partial charge is 0.264 e. The van der Waals surface area contributed by atoms with Gasteiger partial charge in [0.1, 0.15) is 10.1 Å². The summed E-state index contributed by atoms with van der Waals surface area (Å²) in [6.45, 7) is 3.90. The van der Waals surface area contributed by atoms with Crippen LogP contribution < -0.4 is 9.04 Å². The van der Waals surface area contributed by atoms with Gasteiger partial charge in [-0.1, -0.05) is 12.1 Å². The molecule has 0 bridgehead atoms. The van der Waals surface area contributed by atoms with E-state index in [2.05, 4.69) is 0 Å². The van der Waals surface area contributed by atoms with E-state index in [1.54, 1.807) is 44.4 Å². The van der Waals surface area contributed by atoms with Crippen molar-refractivity contribution < 1.29 is 13.2 Å². The molecule has 1 aliphatic carbocycles. The van der Waals surface area contributed by atoms with Crippen LogP contribution in [0.15, 0.2) is 47.4 Å². The SMILES string of the molecule is COc1ccc(N(C[C@H]2CC2(Cl)Cl)S(=O)(=O)c2cc(C)ccc2C)cc1. The standard InChI is InChI=1S/C19H21Cl2NO3S/c1-13-4-5-14(2)18(10-13)26(23,24)22(12-15-11-19(15,20)21)16-6-8-17(25-3)9-7-16/h4-10,15H,11-12H2,1-3H3/t15-/m1/s1. The van der Waals surface area contributed by atoms with Gasteiger partial charge in [0.25, 0.3) is 10.0 Å². The Hall–Kier alpha value is -1.43. The van der Waals surface area contributed by atoms with Gasteiger partial charge in [-0.25, -0.2) is 8.42 Å². The second-order valence-corrected chi connectivity index (χ2v) is 10.0. The van der Waals surface area contributed by atoms with E-state index in [-0.39, 0.29) is 12.5 Å². The van der Waals surface area contributed by atoms with Gasteiger partial charge < -0.3 is 4.74 Å². The molecule has 140 valence electrons. The first-order chi connectivity index (χ1) is 12.1. The Morgan fingerprint density at radius 3 is 2.31 bits per heavy atom. The Labute approximate surface area is 164 Å². The topological polar surface area (TPSA) is 46.6 Å². The predicted molar refractivity (Wildman–Crippen MR) is 106 cm³/mol. The molecule has 0 spiro atoms. The zero-order valence-electron chi connectivity index (χ0n) is 14.9. The van der Waals surface area contributed by atoms with E-state index in [0.29, 0.717) is 28.3 Å². The Morgan fingerprint density at radius 2 is 1.77 bits per heavy atom. The third kappa shape index (κ3) is 3.80. The van der Waals surface area contributed by atoms with Crippen LogP contribution in [0, 0.1) is 19.8 Å². The van der Waals surface area contributed by atoms with Crippen LogP contribution in [0.2, 0.25) is 0 Å². The van der Waals surface area contributed by atoms with Gasteiger partial charge in [-0.2, -0.15) is 0 Å². The number of rotatable bonds is 6. The lowest BCUT2D eigenvalue weighted by Gasteiger charge is -2.26. The van der Waals surface area contributed by atoms with Gasteiger partial charge in [0.2, 0.25) is 0 Å². The Kier molecular flexibility index (Phi) is 5.17. The molecule has 0 saturated heterocycles. The number of nitrogens with zero attached hydrogens (tertiary/aromatic N) is 1. The van der Waals surface area contributed by atoms with Crippen LogP contribution in [0.3, 0.4) is 0 Å².